The van der Waals surface area contributed by atoms with Gasteiger partial charge in [-0.25, -0.2) is 4.98 Å². The summed E-state index contributed by atoms with van der Waals surface area (Å²) in [5.41, 5.74) is 1.24. The second-order valence-corrected chi connectivity index (χ2v) is 8.81. The maximum Gasteiger partial charge on any atom is 0.259 e. The highest BCUT2D eigenvalue weighted by molar-refractivity contribution is 6.35. The summed E-state index contributed by atoms with van der Waals surface area (Å²) in [6, 6.07) is 11.1. The molecule has 0 atom stereocenters. The summed E-state index contributed by atoms with van der Waals surface area (Å²) in [5, 5.41) is 6.31. The van der Waals surface area contributed by atoms with E-state index in [2.05, 4.69) is 25.5 Å². The first kappa shape index (κ1) is 24.8. The van der Waals surface area contributed by atoms with Crippen molar-refractivity contribution in [2.45, 2.75) is 0 Å². The summed E-state index contributed by atoms with van der Waals surface area (Å²) in [6.07, 6.45) is 1.40. The summed E-state index contributed by atoms with van der Waals surface area (Å²) in [5.74, 6) is 0.207. The minimum absolute atomic E-state index is 0.0779. The number of methoxy groups -OCH3 is 1. The standard InChI is InChI=1S/C24H20Cl3N5O3/c1-28-22(32-7-8-32)13-3-5-16(18(27)9-13)23(33)31-21-17(10-15(26)11-19(21)35-2)24(34)30-20-6-4-14(25)12-29-20/h3-6,9-12H,7-8H2,1-2H3,(H,31,33)(H,29,30,34). The van der Waals surface area contributed by atoms with E-state index < -0.39 is 11.8 Å². The van der Waals surface area contributed by atoms with E-state index in [1.807, 2.05) is 0 Å². The fourth-order valence-corrected chi connectivity index (χ4v) is 4.00. The van der Waals surface area contributed by atoms with Crippen molar-refractivity contribution in [3.8, 4) is 5.75 Å². The van der Waals surface area contributed by atoms with Gasteiger partial charge in [0.15, 0.2) is 0 Å². The van der Waals surface area contributed by atoms with Gasteiger partial charge in [-0.1, -0.05) is 40.9 Å². The van der Waals surface area contributed by atoms with Gasteiger partial charge in [0.25, 0.3) is 11.8 Å². The third-order valence-corrected chi connectivity index (χ3v) is 5.92. The highest BCUT2D eigenvalue weighted by Crippen LogP contribution is 2.34. The number of aromatic nitrogens is 1. The maximum absolute atomic E-state index is 13.2. The number of ether oxygens (including phenoxy) is 1. The van der Waals surface area contributed by atoms with Gasteiger partial charge in [-0.3, -0.25) is 14.6 Å². The third-order valence-electron chi connectivity index (χ3n) is 5.17. The summed E-state index contributed by atoms with van der Waals surface area (Å²) in [4.78, 5) is 36.7. The first-order valence-electron chi connectivity index (χ1n) is 10.4. The molecule has 0 aliphatic carbocycles. The Balaban J connectivity index is 1.63. The molecule has 1 aliphatic rings. The van der Waals surface area contributed by atoms with Crippen LogP contribution in [0.25, 0.3) is 0 Å². The zero-order chi connectivity index (χ0) is 25.1. The molecule has 1 fully saturated rings. The van der Waals surface area contributed by atoms with E-state index in [1.54, 1.807) is 37.4 Å². The molecule has 0 bridgehead atoms. The number of aliphatic imine (C=N–C) groups is 1. The third kappa shape index (κ3) is 5.67. The van der Waals surface area contributed by atoms with Crippen molar-refractivity contribution in [3.63, 3.8) is 0 Å². The molecule has 3 aromatic rings. The number of hydrogen-bond donors (Lipinski definition) is 2. The van der Waals surface area contributed by atoms with Crippen LogP contribution in [0.5, 0.6) is 5.75 Å². The Morgan fingerprint density at radius 1 is 0.971 bits per heavy atom. The zero-order valence-electron chi connectivity index (χ0n) is 18.7. The SMILES string of the molecule is CN=C(c1ccc(C(=O)Nc2c(OC)cc(Cl)cc2C(=O)Nc2ccc(Cl)cn2)c(Cl)c1)N1CC1. The van der Waals surface area contributed by atoms with E-state index in [0.717, 1.165) is 24.5 Å². The molecule has 1 aromatic heterocycles. The van der Waals surface area contributed by atoms with Gasteiger partial charge < -0.3 is 20.3 Å². The highest BCUT2D eigenvalue weighted by Gasteiger charge is 2.25. The van der Waals surface area contributed by atoms with Gasteiger partial charge >= 0.3 is 0 Å². The van der Waals surface area contributed by atoms with Crippen LogP contribution in [-0.2, 0) is 0 Å². The van der Waals surface area contributed by atoms with Crippen molar-refractivity contribution >= 4 is 64.0 Å². The number of amidine groups is 1. The number of hydrogen-bond acceptors (Lipinski definition) is 5. The first-order valence-corrected chi connectivity index (χ1v) is 11.6. The molecule has 0 saturated carbocycles. The molecule has 1 aliphatic heterocycles. The van der Waals surface area contributed by atoms with Crippen molar-refractivity contribution < 1.29 is 14.3 Å². The fourth-order valence-electron chi connectivity index (χ4n) is 3.42. The quantitative estimate of drug-likeness (QED) is 0.257. The van der Waals surface area contributed by atoms with E-state index in [9.17, 15) is 9.59 Å². The van der Waals surface area contributed by atoms with Crippen LogP contribution in [-0.4, -0.2) is 54.8 Å². The zero-order valence-corrected chi connectivity index (χ0v) is 21.0. The molecule has 180 valence electrons. The van der Waals surface area contributed by atoms with Gasteiger partial charge in [-0.05, 0) is 30.3 Å². The number of benzene rings is 2. The Morgan fingerprint density at radius 2 is 1.71 bits per heavy atom. The second-order valence-electron chi connectivity index (χ2n) is 7.53. The van der Waals surface area contributed by atoms with E-state index >= 15 is 0 Å². The molecule has 2 aromatic carbocycles. The monoisotopic (exact) mass is 531 g/mol. The normalized spacial score (nSPS) is 12.8. The molecule has 0 radical (unpaired) electrons. The number of nitrogens with one attached hydrogen (secondary N) is 2. The van der Waals surface area contributed by atoms with Gasteiger partial charge in [-0.2, -0.15) is 0 Å². The number of rotatable bonds is 6. The average Bonchev–Trinajstić information content (AvgIpc) is 3.67. The van der Waals surface area contributed by atoms with E-state index in [-0.39, 0.29) is 38.4 Å². The van der Waals surface area contributed by atoms with E-state index in [1.165, 1.54) is 25.4 Å². The van der Waals surface area contributed by atoms with Crippen LogP contribution in [0.2, 0.25) is 15.1 Å². The number of carbonyl (C=O) groups excluding carboxylic acids is 2. The van der Waals surface area contributed by atoms with Crippen molar-refractivity contribution in [2.24, 2.45) is 4.99 Å². The van der Waals surface area contributed by atoms with Crippen molar-refractivity contribution in [2.75, 3.05) is 37.9 Å². The fraction of sp³-hybridized carbons (Fsp3) is 0.167. The highest BCUT2D eigenvalue weighted by atomic mass is 35.5. The largest absolute Gasteiger partial charge is 0.494 e. The lowest BCUT2D eigenvalue weighted by atomic mass is 10.1. The number of pyridine rings is 1. The number of halogens is 3. The minimum Gasteiger partial charge on any atom is -0.494 e. The topological polar surface area (TPSA) is 95.7 Å². The molecule has 1 saturated heterocycles. The number of nitrogens with zero attached hydrogens (tertiary/aromatic N) is 3. The second kappa shape index (κ2) is 10.5. The predicted molar refractivity (Wildman–Crippen MR) is 139 cm³/mol. The van der Waals surface area contributed by atoms with Gasteiger partial charge in [-0.15, -0.1) is 0 Å². The van der Waals surface area contributed by atoms with E-state index in [4.69, 9.17) is 39.5 Å². The molecule has 2 amide bonds. The lowest BCUT2D eigenvalue weighted by Crippen LogP contribution is -2.20. The molecule has 11 heteroatoms. The van der Waals surface area contributed by atoms with Gasteiger partial charge in [0.2, 0.25) is 0 Å². The Morgan fingerprint density at radius 3 is 2.31 bits per heavy atom. The van der Waals surface area contributed by atoms with Crippen molar-refractivity contribution in [1.82, 2.24) is 9.88 Å². The van der Waals surface area contributed by atoms with Crippen LogP contribution in [0, 0.1) is 0 Å². The summed E-state index contributed by atoms with van der Waals surface area (Å²) in [7, 11) is 3.12. The molecule has 0 unspecified atom stereocenters. The Bertz CT molecular complexity index is 1320. The van der Waals surface area contributed by atoms with Crippen molar-refractivity contribution in [1.29, 1.82) is 0 Å². The molecule has 8 nitrogen and oxygen atoms in total. The van der Waals surface area contributed by atoms with Crippen molar-refractivity contribution in [3.05, 3.63) is 80.4 Å². The molecule has 35 heavy (non-hydrogen) atoms. The van der Waals surface area contributed by atoms with Crippen LogP contribution < -0.4 is 15.4 Å². The minimum atomic E-state index is -0.556. The lowest BCUT2D eigenvalue weighted by Gasteiger charge is -2.16. The van der Waals surface area contributed by atoms with Crippen LogP contribution in [0.4, 0.5) is 11.5 Å². The molecule has 2 N–H and O–H groups in total. The summed E-state index contributed by atoms with van der Waals surface area (Å²) >= 11 is 18.5. The first-order chi connectivity index (χ1) is 16.8. The summed E-state index contributed by atoms with van der Waals surface area (Å²) < 4.78 is 5.38. The number of amides is 2. The Kier molecular flexibility index (Phi) is 7.45. The number of carbonyl (C=O) groups is 2. The van der Waals surface area contributed by atoms with Crippen LogP contribution in [0.1, 0.15) is 26.3 Å². The molecule has 2 heterocycles. The van der Waals surface area contributed by atoms with E-state index in [0.29, 0.717) is 5.02 Å². The molecule has 4 rings (SSSR count). The Hall–Kier alpha value is -3.33. The molecular weight excluding hydrogens is 513 g/mol. The average molecular weight is 533 g/mol. The van der Waals surface area contributed by atoms with Gasteiger partial charge in [0.05, 0.1) is 34.0 Å². The lowest BCUT2D eigenvalue weighted by molar-refractivity contribution is 0.102. The van der Waals surface area contributed by atoms with Crippen LogP contribution in [0.3, 0.4) is 0 Å². The maximum atomic E-state index is 13.2. The molecular formula is C24H20Cl3N5O3. The van der Waals surface area contributed by atoms with Gasteiger partial charge in [0.1, 0.15) is 17.4 Å². The smallest absolute Gasteiger partial charge is 0.259 e. The van der Waals surface area contributed by atoms with Crippen LogP contribution >= 0.6 is 34.8 Å². The summed E-state index contributed by atoms with van der Waals surface area (Å²) in [6.45, 7) is 1.86. The molecule has 0 spiro atoms. The predicted octanol–water partition coefficient (Wildman–Crippen LogP) is 5.25. The number of anilines is 2. The van der Waals surface area contributed by atoms with Crippen LogP contribution in [0.15, 0.2) is 53.7 Å². The van der Waals surface area contributed by atoms with Gasteiger partial charge in [0, 0.05) is 43.0 Å². The Labute approximate surface area is 216 Å².